The zero-order chi connectivity index (χ0) is 13.8. The van der Waals surface area contributed by atoms with Crippen LogP contribution in [0.4, 0.5) is 5.69 Å². The van der Waals surface area contributed by atoms with Gasteiger partial charge in [0.25, 0.3) is 5.91 Å². The fourth-order valence-electron chi connectivity index (χ4n) is 1.48. The summed E-state index contributed by atoms with van der Waals surface area (Å²) in [4.78, 5) is 11.9. The number of carbonyl (C=O) groups is 1. The van der Waals surface area contributed by atoms with E-state index in [1.165, 1.54) is 11.8 Å². The first-order valence-electron chi connectivity index (χ1n) is 5.40. The number of nitrogens with two attached hydrogens (primary N) is 1. The molecule has 1 rings (SSSR count). The molecule has 0 saturated carbocycles. The summed E-state index contributed by atoms with van der Waals surface area (Å²) >= 11 is 4.82. The van der Waals surface area contributed by atoms with Crippen LogP contribution >= 0.6 is 27.7 Å². The maximum absolute atomic E-state index is 11.9. The number of nitrogens with one attached hydrogen (secondary N) is 1. The van der Waals surface area contributed by atoms with Gasteiger partial charge >= 0.3 is 0 Å². The van der Waals surface area contributed by atoms with E-state index in [1.807, 2.05) is 6.26 Å². The Hall–Kier alpha value is -0.720. The maximum Gasteiger partial charge on any atom is 0.251 e. The first-order chi connectivity index (χ1) is 8.34. The maximum atomic E-state index is 11.9. The van der Waals surface area contributed by atoms with E-state index in [2.05, 4.69) is 21.2 Å². The molecule has 0 heterocycles. The van der Waals surface area contributed by atoms with Crippen molar-refractivity contribution in [1.29, 1.82) is 0 Å². The van der Waals surface area contributed by atoms with E-state index in [9.17, 15) is 9.90 Å². The van der Waals surface area contributed by atoms with Crippen molar-refractivity contribution in [3.05, 3.63) is 28.2 Å². The summed E-state index contributed by atoms with van der Waals surface area (Å²) in [6.07, 6.45) is 1.91. The highest BCUT2D eigenvalue weighted by atomic mass is 79.9. The molecule has 0 aliphatic rings. The molecular formula is C12H17BrN2O2S. The molecule has 0 spiro atoms. The molecule has 100 valence electrons. The second-order valence-corrected chi connectivity index (χ2v) is 6.17. The van der Waals surface area contributed by atoms with Gasteiger partial charge in [0, 0.05) is 28.0 Å². The van der Waals surface area contributed by atoms with E-state index < -0.39 is 5.60 Å². The van der Waals surface area contributed by atoms with E-state index in [-0.39, 0.29) is 12.5 Å². The van der Waals surface area contributed by atoms with Gasteiger partial charge in [-0.25, -0.2) is 0 Å². The monoisotopic (exact) mass is 332 g/mol. The second kappa shape index (κ2) is 6.45. The first-order valence-corrected chi connectivity index (χ1v) is 7.58. The Morgan fingerprint density at radius 3 is 2.78 bits per heavy atom. The quantitative estimate of drug-likeness (QED) is 0.719. The van der Waals surface area contributed by atoms with Crippen molar-refractivity contribution in [2.24, 2.45) is 0 Å². The normalized spacial score (nSPS) is 14.0. The highest BCUT2D eigenvalue weighted by Gasteiger charge is 2.20. The van der Waals surface area contributed by atoms with Crippen molar-refractivity contribution in [2.75, 3.05) is 24.3 Å². The molecule has 1 aromatic rings. The molecule has 6 heteroatoms. The molecule has 4 nitrogen and oxygen atoms in total. The standard InChI is InChI=1S/C12H17BrN2O2S/c1-12(17,7-18-2)6-15-11(16)8-3-9(13)5-10(14)4-8/h3-5,17H,6-7,14H2,1-2H3,(H,15,16). The molecular weight excluding hydrogens is 316 g/mol. The fourth-order valence-corrected chi connectivity index (χ4v) is 2.71. The first kappa shape index (κ1) is 15.3. The number of halogens is 1. The number of anilines is 1. The Morgan fingerprint density at radius 2 is 2.22 bits per heavy atom. The van der Waals surface area contributed by atoms with Gasteiger partial charge in [0.1, 0.15) is 0 Å². The lowest BCUT2D eigenvalue weighted by molar-refractivity contribution is 0.0725. The minimum Gasteiger partial charge on any atom is -0.399 e. The van der Waals surface area contributed by atoms with E-state index in [0.717, 1.165) is 4.47 Å². The van der Waals surface area contributed by atoms with Crippen molar-refractivity contribution in [3.8, 4) is 0 Å². The molecule has 4 N–H and O–H groups in total. The third-order valence-corrected chi connectivity index (χ3v) is 3.64. The van der Waals surface area contributed by atoms with Crippen LogP contribution < -0.4 is 11.1 Å². The van der Waals surface area contributed by atoms with Crippen molar-refractivity contribution in [2.45, 2.75) is 12.5 Å². The van der Waals surface area contributed by atoms with Crippen LogP contribution in [0.25, 0.3) is 0 Å². The third kappa shape index (κ3) is 4.88. The van der Waals surface area contributed by atoms with E-state index in [4.69, 9.17) is 5.73 Å². The summed E-state index contributed by atoms with van der Waals surface area (Å²) in [5, 5.41) is 12.6. The summed E-state index contributed by atoms with van der Waals surface area (Å²) in [6.45, 7) is 1.90. The van der Waals surface area contributed by atoms with Gasteiger partial charge in [-0.2, -0.15) is 11.8 Å². The van der Waals surface area contributed by atoms with Crippen molar-refractivity contribution in [1.82, 2.24) is 5.32 Å². The lowest BCUT2D eigenvalue weighted by Crippen LogP contribution is -2.42. The molecule has 1 unspecified atom stereocenters. The number of benzene rings is 1. The fraction of sp³-hybridized carbons (Fsp3) is 0.417. The van der Waals surface area contributed by atoms with Gasteiger partial charge in [-0.05, 0) is 31.4 Å². The third-order valence-electron chi connectivity index (χ3n) is 2.27. The highest BCUT2D eigenvalue weighted by molar-refractivity contribution is 9.10. The minimum absolute atomic E-state index is 0.207. The van der Waals surface area contributed by atoms with E-state index in [1.54, 1.807) is 25.1 Å². The van der Waals surface area contributed by atoms with Gasteiger partial charge in [-0.3, -0.25) is 4.79 Å². The Kier molecular flexibility index (Phi) is 5.49. The number of hydrogen-bond donors (Lipinski definition) is 3. The van der Waals surface area contributed by atoms with Gasteiger partial charge in [0.05, 0.1) is 5.60 Å². The van der Waals surface area contributed by atoms with Crippen molar-refractivity contribution >= 4 is 39.3 Å². The van der Waals surface area contributed by atoms with Gasteiger partial charge in [0.2, 0.25) is 0 Å². The van der Waals surface area contributed by atoms with Crippen LogP contribution in [0, 0.1) is 0 Å². The molecule has 0 aromatic heterocycles. The minimum atomic E-state index is -0.910. The van der Waals surface area contributed by atoms with E-state index in [0.29, 0.717) is 17.0 Å². The van der Waals surface area contributed by atoms with Gasteiger partial charge in [0.15, 0.2) is 0 Å². The zero-order valence-electron chi connectivity index (χ0n) is 10.4. The number of thioether (sulfide) groups is 1. The van der Waals surface area contributed by atoms with Crippen LogP contribution in [0.1, 0.15) is 17.3 Å². The molecule has 1 aromatic carbocycles. The predicted molar refractivity (Wildman–Crippen MR) is 79.9 cm³/mol. The summed E-state index contributed by atoms with van der Waals surface area (Å²) in [5.41, 5.74) is 5.75. The predicted octanol–water partition coefficient (Wildman–Crippen LogP) is 1.88. The average molecular weight is 333 g/mol. The Bertz CT molecular complexity index is 418. The van der Waals surface area contributed by atoms with E-state index >= 15 is 0 Å². The zero-order valence-corrected chi connectivity index (χ0v) is 12.8. The van der Waals surface area contributed by atoms with Crippen molar-refractivity contribution < 1.29 is 9.90 Å². The SMILES string of the molecule is CSCC(C)(O)CNC(=O)c1cc(N)cc(Br)c1. The number of amides is 1. The van der Waals surface area contributed by atoms with Gasteiger partial charge in [-0.15, -0.1) is 0 Å². The summed E-state index contributed by atoms with van der Waals surface area (Å²) in [5.74, 6) is 0.317. The van der Waals surface area contributed by atoms with Crippen LogP contribution in [-0.4, -0.2) is 35.2 Å². The molecule has 0 aliphatic carbocycles. The number of carbonyl (C=O) groups excluding carboxylic acids is 1. The molecule has 0 bridgehead atoms. The van der Waals surface area contributed by atoms with Crippen LogP contribution in [0.3, 0.4) is 0 Å². The average Bonchev–Trinajstić information content (AvgIpc) is 2.24. The van der Waals surface area contributed by atoms with Crippen LogP contribution in [0.2, 0.25) is 0 Å². The molecule has 0 saturated heterocycles. The van der Waals surface area contributed by atoms with Crippen LogP contribution in [0.15, 0.2) is 22.7 Å². The Labute approximate surface area is 119 Å². The second-order valence-electron chi connectivity index (χ2n) is 4.39. The number of nitrogen functional groups attached to an aromatic ring is 1. The molecule has 0 radical (unpaired) electrons. The lowest BCUT2D eigenvalue weighted by Gasteiger charge is -2.22. The Morgan fingerprint density at radius 1 is 1.56 bits per heavy atom. The van der Waals surface area contributed by atoms with Gasteiger partial charge < -0.3 is 16.2 Å². The van der Waals surface area contributed by atoms with Crippen LogP contribution in [-0.2, 0) is 0 Å². The number of aliphatic hydroxyl groups is 1. The molecule has 18 heavy (non-hydrogen) atoms. The summed E-state index contributed by atoms with van der Waals surface area (Å²) in [7, 11) is 0. The smallest absolute Gasteiger partial charge is 0.251 e. The number of rotatable bonds is 5. The molecule has 1 atom stereocenters. The molecule has 0 fully saturated rings. The largest absolute Gasteiger partial charge is 0.399 e. The van der Waals surface area contributed by atoms with Crippen molar-refractivity contribution in [3.63, 3.8) is 0 Å². The number of hydrogen-bond acceptors (Lipinski definition) is 4. The Balaban J connectivity index is 2.66. The highest BCUT2D eigenvalue weighted by Crippen LogP contribution is 2.17. The summed E-state index contributed by atoms with van der Waals surface area (Å²) < 4.78 is 0.753. The summed E-state index contributed by atoms with van der Waals surface area (Å²) in [6, 6.07) is 5.01. The topological polar surface area (TPSA) is 75.3 Å². The lowest BCUT2D eigenvalue weighted by atomic mass is 10.1. The van der Waals surface area contributed by atoms with Crippen LogP contribution in [0.5, 0.6) is 0 Å². The molecule has 0 aliphatic heterocycles. The van der Waals surface area contributed by atoms with Gasteiger partial charge in [-0.1, -0.05) is 15.9 Å². The molecule has 1 amide bonds.